The van der Waals surface area contributed by atoms with Crippen LogP contribution in [0.15, 0.2) is 60.7 Å². The minimum atomic E-state index is -1.45. The van der Waals surface area contributed by atoms with E-state index in [1.165, 1.54) is 0 Å². The molecule has 0 radical (unpaired) electrons. The Morgan fingerprint density at radius 3 is 2.15 bits per heavy atom. The summed E-state index contributed by atoms with van der Waals surface area (Å²) in [7, 11) is 0. The van der Waals surface area contributed by atoms with Crippen molar-refractivity contribution in [2.45, 2.75) is 63.8 Å². The second-order valence-electron chi connectivity index (χ2n) is 9.21. The largest absolute Gasteiger partial charge is 0.444 e. The summed E-state index contributed by atoms with van der Waals surface area (Å²) in [5.74, 6) is 2.65. The molecule has 1 unspecified atom stereocenters. The van der Waals surface area contributed by atoms with Crippen molar-refractivity contribution in [3.8, 4) is 12.3 Å². The number of amides is 1. The Bertz CT molecular complexity index is 934. The van der Waals surface area contributed by atoms with Crippen LogP contribution < -0.4 is 0 Å². The molecule has 0 spiro atoms. The molecule has 1 aliphatic heterocycles. The number of ether oxygens (including phenoxy) is 3. The molecule has 2 aromatic rings. The average molecular weight is 452 g/mol. The van der Waals surface area contributed by atoms with Crippen LogP contribution in [0.4, 0.5) is 4.79 Å². The topological polar surface area (TPSA) is 68.2 Å². The first-order valence-corrected chi connectivity index (χ1v) is 11.2. The van der Waals surface area contributed by atoms with Gasteiger partial charge >= 0.3 is 6.09 Å². The quantitative estimate of drug-likeness (QED) is 0.611. The lowest BCUT2D eigenvalue weighted by Crippen LogP contribution is -2.59. The molecule has 33 heavy (non-hydrogen) atoms. The Kier molecular flexibility index (Phi) is 8.15. The Morgan fingerprint density at radius 1 is 1.06 bits per heavy atom. The van der Waals surface area contributed by atoms with Crippen molar-refractivity contribution in [2.24, 2.45) is 0 Å². The highest BCUT2D eigenvalue weighted by atomic mass is 16.6. The summed E-state index contributed by atoms with van der Waals surface area (Å²) >= 11 is 0. The standard InChI is InChI=1S/C27H33NO5/c1-5-27(20-29,32-19-22-14-10-7-11-15-22)24-23(31-18-21-12-8-6-9-13-21)16-17-28(24)25(30)33-26(2,3)4/h1,6-15,23-24,29H,16-20H2,2-4H3/t23-,24-,27?/m0/s1. The molecular weight excluding hydrogens is 418 g/mol. The van der Waals surface area contributed by atoms with Crippen LogP contribution in [0.3, 0.4) is 0 Å². The predicted molar refractivity (Wildman–Crippen MR) is 126 cm³/mol. The molecule has 6 nitrogen and oxygen atoms in total. The van der Waals surface area contributed by atoms with Gasteiger partial charge in [-0.15, -0.1) is 6.42 Å². The molecule has 3 rings (SSSR count). The molecule has 6 heteroatoms. The maximum atomic E-state index is 13.1. The molecule has 3 atom stereocenters. The number of terminal acetylenes is 1. The first-order chi connectivity index (χ1) is 15.8. The first kappa shape index (κ1) is 24.8. The van der Waals surface area contributed by atoms with Crippen LogP contribution in [0.2, 0.25) is 0 Å². The molecule has 1 saturated heterocycles. The highest BCUT2D eigenvalue weighted by Gasteiger charge is 2.52. The highest BCUT2D eigenvalue weighted by Crippen LogP contribution is 2.34. The van der Waals surface area contributed by atoms with Crippen molar-refractivity contribution in [3.63, 3.8) is 0 Å². The first-order valence-electron chi connectivity index (χ1n) is 11.2. The zero-order chi connectivity index (χ0) is 23.9. The number of aliphatic hydroxyl groups is 1. The highest BCUT2D eigenvalue weighted by molar-refractivity contribution is 5.69. The third-order valence-electron chi connectivity index (χ3n) is 5.57. The minimum absolute atomic E-state index is 0.190. The minimum Gasteiger partial charge on any atom is -0.444 e. The SMILES string of the molecule is C#CC(CO)(OCc1ccccc1)[C@@H]1[C@@H](OCc2ccccc2)CCN1C(=O)OC(C)(C)C. The lowest BCUT2D eigenvalue weighted by atomic mass is 9.91. The fourth-order valence-corrected chi connectivity index (χ4v) is 3.98. The third kappa shape index (κ3) is 6.35. The normalized spacial score (nSPS) is 20.2. The van der Waals surface area contributed by atoms with Gasteiger partial charge < -0.3 is 19.3 Å². The Hall–Kier alpha value is -2.85. The van der Waals surface area contributed by atoms with Crippen molar-refractivity contribution in [2.75, 3.05) is 13.2 Å². The van der Waals surface area contributed by atoms with Crippen LogP contribution >= 0.6 is 0 Å². The molecule has 2 aromatic carbocycles. The summed E-state index contributed by atoms with van der Waals surface area (Å²) in [4.78, 5) is 14.6. The number of hydrogen-bond acceptors (Lipinski definition) is 5. The van der Waals surface area contributed by atoms with Crippen LogP contribution in [-0.2, 0) is 27.4 Å². The summed E-state index contributed by atoms with van der Waals surface area (Å²) in [6.07, 6.45) is 5.56. The fraction of sp³-hybridized carbons (Fsp3) is 0.444. The summed E-state index contributed by atoms with van der Waals surface area (Å²) < 4.78 is 18.0. The van der Waals surface area contributed by atoms with Crippen molar-refractivity contribution >= 4 is 6.09 Å². The molecular formula is C27H33NO5. The van der Waals surface area contributed by atoms with E-state index in [0.717, 1.165) is 11.1 Å². The number of rotatable bonds is 8. The number of likely N-dealkylation sites (tertiary alicyclic amines) is 1. The summed E-state index contributed by atoms with van der Waals surface area (Å²) in [5.41, 5.74) is -0.209. The predicted octanol–water partition coefficient (Wildman–Crippen LogP) is 4.16. The molecule has 1 amide bonds. The summed E-state index contributed by atoms with van der Waals surface area (Å²) in [6, 6.07) is 18.6. The summed E-state index contributed by atoms with van der Waals surface area (Å²) in [5, 5.41) is 10.4. The van der Waals surface area contributed by atoms with Crippen molar-refractivity contribution in [1.82, 2.24) is 4.90 Å². The van der Waals surface area contributed by atoms with Crippen LogP contribution in [0.1, 0.15) is 38.3 Å². The molecule has 1 heterocycles. The summed E-state index contributed by atoms with van der Waals surface area (Å²) in [6.45, 7) is 5.90. The molecule has 0 saturated carbocycles. The van der Waals surface area contributed by atoms with Gasteiger partial charge in [-0.2, -0.15) is 0 Å². The maximum Gasteiger partial charge on any atom is 0.410 e. The van der Waals surface area contributed by atoms with Gasteiger partial charge in [0.15, 0.2) is 5.60 Å². The van der Waals surface area contributed by atoms with Gasteiger partial charge in [0.05, 0.1) is 25.9 Å². The molecule has 0 bridgehead atoms. The van der Waals surface area contributed by atoms with Crippen LogP contribution in [0.5, 0.6) is 0 Å². The van der Waals surface area contributed by atoms with E-state index in [1.807, 2.05) is 81.4 Å². The van der Waals surface area contributed by atoms with Crippen molar-refractivity contribution in [3.05, 3.63) is 71.8 Å². The van der Waals surface area contributed by atoms with Gasteiger partial charge in [0.1, 0.15) is 11.6 Å². The van der Waals surface area contributed by atoms with E-state index in [9.17, 15) is 9.90 Å². The van der Waals surface area contributed by atoms with E-state index in [4.69, 9.17) is 20.6 Å². The fourth-order valence-electron chi connectivity index (χ4n) is 3.98. The number of carbonyl (C=O) groups is 1. The molecule has 1 fully saturated rings. The zero-order valence-electron chi connectivity index (χ0n) is 19.6. The second-order valence-corrected chi connectivity index (χ2v) is 9.21. The number of aliphatic hydroxyl groups excluding tert-OH is 1. The van der Waals surface area contributed by atoms with E-state index >= 15 is 0 Å². The number of hydrogen-bond donors (Lipinski definition) is 1. The van der Waals surface area contributed by atoms with E-state index < -0.39 is 36.0 Å². The number of carbonyl (C=O) groups excluding carboxylic acids is 1. The van der Waals surface area contributed by atoms with E-state index in [-0.39, 0.29) is 6.61 Å². The monoisotopic (exact) mass is 451 g/mol. The molecule has 0 aromatic heterocycles. The van der Waals surface area contributed by atoms with Crippen LogP contribution in [0, 0.1) is 12.3 Å². The van der Waals surface area contributed by atoms with Crippen LogP contribution in [-0.4, -0.2) is 52.6 Å². The van der Waals surface area contributed by atoms with Gasteiger partial charge in [0, 0.05) is 6.54 Å². The smallest absolute Gasteiger partial charge is 0.410 e. The van der Waals surface area contributed by atoms with Gasteiger partial charge in [0.2, 0.25) is 0 Å². The van der Waals surface area contributed by atoms with E-state index in [0.29, 0.717) is 19.6 Å². The van der Waals surface area contributed by atoms with Gasteiger partial charge in [-0.1, -0.05) is 66.6 Å². The third-order valence-corrected chi connectivity index (χ3v) is 5.57. The van der Waals surface area contributed by atoms with E-state index in [2.05, 4.69) is 5.92 Å². The van der Waals surface area contributed by atoms with Gasteiger partial charge in [-0.05, 0) is 38.3 Å². The van der Waals surface area contributed by atoms with Gasteiger partial charge in [-0.3, -0.25) is 4.90 Å². The molecule has 176 valence electrons. The molecule has 1 N–H and O–H groups in total. The zero-order valence-corrected chi connectivity index (χ0v) is 19.6. The van der Waals surface area contributed by atoms with Crippen LogP contribution in [0.25, 0.3) is 0 Å². The Balaban J connectivity index is 1.87. The molecule has 0 aliphatic carbocycles. The number of benzene rings is 2. The average Bonchev–Trinajstić information content (AvgIpc) is 3.24. The second kappa shape index (κ2) is 10.8. The van der Waals surface area contributed by atoms with Gasteiger partial charge in [-0.25, -0.2) is 4.79 Å². The van der Waals surface area contributed by atoms with E-state index in [1.54, 1.807) is 4.90 Å². The number of nitrogens with zero attached hydrogens (tertiary/aromatic N) is 1. The van der Waals surface area contributed by atoms with Gasteiger partial charge in [0.25, 0.3) is 0 Å². The Labute approximate surface area is 196 Å². The van der Waals surface area contributed by atoms with Crippen molar-refractivity contribution < 1.29 is 24.1 Å². The lowest BCUT2D eigenvalue weighted by molar-refractivity contribution is -0.123. The maximum absolute atomic E-state index is 13.1. The lowest BCUT2D eigenvalue weighted by Gasteiger charge is -2.40. The van der Waals surface area contributed by atoms with Crippen molar-refractivity contribution in [1.29, 1.82) is 0 Å². The Morgan fingerprint density at radius 2 is 1.64 bits per heavy atom. The molecule has 1 aliphatic rings.